The summed E-state index contributed by atoms with van der Waals surface area (Å²) < 4.78 is 12.9. The highest BCUT2D eigenvalue weighted by molar-refractivity contribution is 5.57. The smallest absolute Gasteiger partial charge is 0.124 e. The average molecular weight is 250 g/mol. The Bertz CT molecular complexity index is 424. The van der Waals surface area contributed by atoms with E-state index in [4.69, 9.17) is 5.26 Å². The standard InChI is InChI=1S/C14H19FN2O/c1-3-10(4-2)14(18)9-17-13-6-5-12(15)7-11(13)8-16/h5-7,10,14,17-18H,3-4,9H2,1-2H3. The predicted octanol–water partition coefficient (Wildman–Crippen LogP) is 2.91. The van der Waals surface area contributed by atoms with Crippen LogP contribution in [0.2, 0.25) is 0 Å². The Morgan fingerprint density at radius 2 is 2.06 bits per heavy atom. The lowest BCUT2D eigenvalue weighted by molar-refractivity contribution is 0.114. The number of rotatable bonds is 6. The van der Waals surface area contributed by atoms with Crippen LogP contribution in [0.15, 0.2) is 18.2 Å². The van der Waals surface area contributed by atoms with Gasteiger partial charge in [0.15, 0.2) is 0 Å². The molecule has 0 fully saturated rings. The molecular formula is C14H19FN2O. The van der Waals surface area contributed by atoms with Gasteiger partial charge in [-0.15, -0.1) is 0 Å². The molecule has 3 nitrogen and oxygen atoms in total. The quantitative estimate of drug-likeness (QED) is 0.816. The number of hydrogen-bond acceptors (Lipinski definition) is 3. The minimum absolute atomic E-state index is 0.239. The largest absolute Gasteiger partial charge is 0.391 e. The summed E-state index contributed by atoms with van der Waals surface area (Å²) in [4.78, 5) is 0. The number of aliphatic hydroxyl groups excluding tert-OH is 1. The van der Waals surface area contributed by atoms with Gasteiger partial charge in [0.1, 0.15) is 11.9 Å². The summed E-state index contributed by atoms with van der Waals surface area (Å²) in [5.74, 6) is -0.193. The van der Waals surface area contributed by atoms with Crippen molar-refractivity contribution in [2.45, 2.75) is 32.8 Å². The molecule has 0 aliphatic rings. The van der Waals surface area contributed by atoms with Gasteiger partial charge < -0.3 is 10.4 Å². The number of halogens is 1. The minimum Gasteiger partial charge on any atom is -0.391 e. The van der Waals surface area contributed by atoms with E-state index in [2.05, 4.69) is 5.32 Å². The molecule has 0 aliphatic heterocycles. The van der Waals surface area contributed by atoms with Gasteiger partial charge in [0, 0.05) is 6.54 Å². The van der Waals surface area contributed by atoms with Crippen LogP contribution >= 0.6 is 0 Å². The van der Waals surface area contributed by atoms with E-state index >= 15 is 0 Å². The third kappa shape index (κ3) is 3.71. The highest BCUT2D eigenvalue weighted by Crippen LogP contribution is 2.18. The Kier molecular flexibility index (Phi) is 5.60. The third-order valence-corrected chi connectivity index (χ3v) is 3.20. The lowest BCUT2D eigenvalue weighted by Crippen LogP contribution is -2.27. The van der Waals surface area contributed by atoms with Crippen molar-refractivity contribution in [1.82, 2.24) is 0 Å². The maximum Gasteiger partial charge on any atom is 0.124 e. The Morgan fingerprint density at radius 3 is 2.61 bits per heavy atom. The van der Waals surface area contributed by atoms with Crippen molar-refractivity contribution in [2.24, 2.45) is 5.92 Å². The summed E-state index contributed by atoms with van der Waals surface area (Å²) in [6.45, 7) is 4.44. The van der Waals surface area contributed by atoms with Crippen molar-refractivity contribution < 1.29 is 9.50 Å². The van der Waals surface area contributed by atoms with Crippen LogP contribution in [-0.2, 0) is 0 Å². The summed E-state index contributed by atoms with van der Waals surface area (Å²) in [6, 6.07) is 5.94. The summed E-state index contributed by atoms with van der Waals surface area (Å²) in [5.41, 5.74) is 0.815. The Morgan fingerprint density at radius 1 is 1.39 bits per heavy atom. The number of nitrogens with zero attached hydrogens (tertiary/aromatic N) is 1. The first-order valence-corrected chi connectivity index (χ1v) is 6.23. The molecule has 1 aromatic rings. The van der Waals surface area contributed by atoms with Crippen LogP contribution in [0.25, 0.3) is 0 Å². The number of hydrogen-bond donors (Lipinski definition) is 2. The second kappa shape index (κ2) is 6.97. The van der Waals surface area contributed by atoms with Crippen molar-refractivity contribution in [3.05, 3.63) is 29.6 Å². The highest BCUT2D eigenvalue weighted by atomic mass is 19.1. The molecule has 4 heteroatoms. The normalized spacial score (nSPS) is 12.2. The molecule has 1 aromatic carbocycles. The van der Waals surface area contributed by atoms with Crippen LogP contribution in [0.3, 0.4) is 0 Å². The molecule has 0 bridgehead atoms. The monoisotopic (exact) mass is 250 g/mol. The SMILES string of the molecule is CCC(CC)C(O)CNc1ccc(F)cc1C#N. The van der Waals surface area contributed by atoms with E-state index in [0.717, 1.165) is 12.8 Å². The second-order valence-electron chi connectivity index (χ2n) is 4.33. The van der Waals surface area contributed by atoms with Crippen LogP contribution in [-0.4, -0.2) is 17.8 Å². The van der Waals surface area contributed by atoms with E-state index < -0.39 is 11.9 Å². The van der Waals surface area contributed by atoms with Crippen molar-refractivity contribution in [1.29, 1.82) is 5.26 Å². The van der Waals surface area contributed by atoms with Gasteiger partial charge in [0.05, 0.1) is 17.4 Å². The molecule has 0 radical (unpaired) electrons. The third-order valence-electron chi connectivity index (χ3n) is 3.20. The summed E-state index contributed by atoms with van der Waals surface area (Å²) >= 11 is 0. The molecule has 1 atom stereocenters. The molecular weight excluding hydrogens is 231 g/mol. The van der Waals surface area contributed by atoms with Crippen LogP contribution in [0.5, 0.6) is 0 Å². The first kappa shape index (κ1) is 14.5. The van der Waals surface area contributed by atoms with Crippen LogP contribution in [0, 0.1) is 23.1 Å². The minimum atomic E-state index is -0.461. The van der Waals surface area contributed by atoms with Crippen LogP contribution in [0.4, 0.5) is 10.1 Å². The molecule has 98 valence electrons. The molecule has 1 rings (SSSR count). The molecule has 0 amide bonds. The van der Waals surface area contributed by atoms with Gasteiger partial charge in [-0.25, -0.2) is 4.39 Å². The van der Waals surface area contributed by atoms with E-state index in [-0.39, 0.29) is 11.5 Å². The maximum absolute atomic E-state index is 12.9. The first-order valence-electron chi connectivity index (χ1n) is 6.23. The van der Waals surface area contributed by atoms with Crippen molar-refractivity contribution in [3.63, 3.8) is 0 Å². The molecule has 0 aliphatic carbocycles. The zero-order valence-electron chi connectivity index (χ0n) is 10.8. The van der Waals surface area contributed by atoms with Gasteiger partial charge in [0.2, 0.25) is 0 Å². The number of benzene rings is 1. The fraction of sp³-hybridized carbons (Fsp3) is 0.500. The van der Waals surface area contributed by atoms with Gasteiger partial charge in [-0.3, -0.25) is 0 Å². The van der Waals surface area contributed by atoms with E-state index in [1.807, 2.05) is 19.9 Å². The molecule has 0 saturated carbocycles. The molecule has 18 heavy (non-hydrogen) atoms. The molecule has 0 heterocycles. The number of anilines is 1. The van der Waals surface area contributed by atoms with Crippen LogP contribution in [0.1, 0.15) is 32.3 Å². The van der Waals surface area contributed by atoms with Crippen molar-refractivity contribution >= 4 is 5.69 Å². The Labute approximate surface area is 107 Å². The van der Waals surface area contributed by atoms with Gasteiger partial charge in [-0.2, -0.15) is 5.26 Å². The van der Waals surface area contributed by atoms with Crippen molar-refractivity contribution in [2.75, 3.05) is 11.9 Å². The summed E-state index contributed by atoms with van der Waals surface area (Å²) in [7, 11) is 0. The predicted molar refractivity (Wildman–Crippen MR) is 69.7 cm³/mol. The summed E-state index contributed by atoms with van der Waals surface area (Å²) in [5, 5.41) is 21.9. The molecule has 0 saturated heterocycles. The zero-order valence-corrected chi connectivity index (χ0v) is 10.8. The van der Waals surface area contributed by atoms with E-state index in [1.165, 1.54) is 18.2 Å². The molecule has 0 aromatic heterocycles. The number of nitrogens with one attached hydrogen (secondary N) is 1. The van der Waals surface area contributed by atoms with Crippen LogP contribution < -0.4 is 5.32 Å². The second-order valence-corrected chi connectivity index (χ2v) is 4.33. The topological polar surface area (TPSA) is 56.0 Å². The van der Waals surface area contributed by atoms with Gasteiger partial charge >= 0.3 is 0 Å². The maximum atomic E-state index is 12.9. The lowest BCUT2D eigenvalue weighted by Gasteiger charge is -2.21. The number of aliphatic hydroxyl groups is 1. The molecule has 1 unspecified atom stereocenters. The van der Waals surface area contributed by atoms with Gasteiger partial charge in [0.25, 0.3) is 0 Å². The molecule has 2 N–H and O–H groups in total. The molecule has 0 spiro atoms. The van der Waals surface area contributed by atoms with E-state index in [1.54, 1.807) is 0 Å². The zero-order chi connectivity index (χ0) is 13.5. The highest BCUT2D eigenvalue weighted by Gasteiger charge is 2.15. The van der Waals surface area contributed by atoms with Gasteiger partial charge in [-0.1, -0.05) is 26.7 Å². The van der Waals surface area contributed by atoms with E-state index in [0.29, 0.717) is 12.2 Å². The fourth-order valence-electron chi connectivity index (χ4n) is 1.98. The Balaban J connectivity index is 2.66. The first-order chi connectivity index (χ1) is 8.62. The number of nitriles is 1. The van der Waals surface area contributed by atoms with Gasteiger partial charge in [-0.05, 0) is 24.1 Å². The van der Waals surface area contributed by atoms with E-state index in [9.17, 15) is 9.50 Å². The fourth-order valence-corrected chi connectivity index (χ4v) is 1.98. The average Bonchev–Trinajstić information content (AvgIpc) is 2.38. The Hall–Kier alpha value is -1.60. The van der Waals surface area contributed by atoms with Crippen molar-refractivity contribution in [3.8, 4) is 6.07 Å². The lowest BCUT2D eigenvalue weighted by atomic mass is 9.96. The summed E-state index contributed by atoms with van der Waals surface area (Å²) in [6.07, 6.45) is 1.36.